The third-order valence-corrected chi connectivity index (χ3v) is 3.39. The molecule has 0 aliphatic rings. The Balaban J connectivity index is 2.93. The minimum Gasteiger partial charge on any atom is -0.388 e. The summed E-state index contributed by atoms with van der Waals surface area (Å²) in [6.07, 6.45) is -3.59. The number of hydrogen-bond donors (Lipinski definition) is 1. The predicted octanol–water partition coefficient (Wildman–Crippen LogP) is 3.79. The van der Waals surface area contributed by atoms with E-state index in [1.807, 2.05) is 20.8 Å². The lowest BCUT2D eigenvalue weighted by molar-refractivity contribution is -0.136. The van der Waals surface area contributed by atoms with E-state index in [1.54, 1.807) is 4.68 Å². The van der Waals surface area contributed by atoms with Gasteiger partial charge in [0.25, 0.3) is 0 Å². The first-order valence-electron chi connectivity index (χ1n) is 7.17. The van der Waals surface area contributed by atoms with E-state index in [1.165, 1.54) is 0 Å². The van der Waals surface area contributed by atoms with E-state index in [-0.39, 0.29) is 13.0 Å². The Morgan fingerprint density at radius 3 is 2.30 bits per heavy atom. The molecule has 3 nitrogen and oxygen atoms in total. The highest BCUT2D eigenvalue weighted by Crippen LogP contribution is 2.27. The number of hydrogen-bond acceptors (Lipinski definition) is 2. The van der Waals surface area contributed by atoms with Crippen molar-refractivity contribution in [1.29, 1.82) is 0 Å². The third-order valence-electron chi connectivity index (χ3n) is 3.39. The Morgan fingerprint density at radius 2 is 1.85 bits per heavy atom. The van der Waals surface area contributed by atoms with Crippen molar-refractivity contribution in [1.82, 2.24) is 9.78 Å². The van der Waals surface area contributed by atoms with Crippen LogP contribution in [0, 0.1) is 0 Å². The van der Waals surface area contributed by atoms with Gasteiger partial charge in [0.1, 0.15) is 0 Å². The van der Waals surface area contributed by atoms with Crippen LogP contribution in [0.25, 0.3) is 0 Å². The van der Waals surface area contributed by atoms with Crippen LogP contribution >= 0.6 is 0 Å². The number of aromatic nitrogens is 2. The van der Waals surface area contributed by atoms with Crippen molar-refractivity contribution in [2.75, 3.05) is 0 Å². The number of aliphatic hydroxyl groups excluding tert-OH is 1. The lowest BCUT2D eigenvalue weighted by Crippen LogP contribution is -2.12. The molecule has 1 rings (SSSR count). The molecule has 20 heavy (non-hydrogen) atoms. The Kier molecular flexibility index (Phi) is 6.05. The van der Waals surface area contributed by atoms with Crippen molar-refractivity contribution >= 4 is 0 Å². The first-order valence-corrected chi connectivity index (χ1v) is 7.17. The summed E-state index contributed by atoms with van der Waals surface area (Å²) in [6.45, 7) is 5.99. The molecular weight excluding hydrogens is 269 g/mol. The van der Waals surface area contributed by atoms with Crippen molar-refractivity contribution in [2.45, 2.75) is 71.7 Å². The van der Waals surface area contributed by atoms with Crippen LogP contribution < -0.4 is 0 Å². The second-order valence-corrected chi connectivity index (χ2v) is 4.88. The topological polar surface area (TPSA) is 38.0 Å². The minimum atomic E-state index is -4.13. The highest BCUT2D eigenvalue weighted by Gasteiger charge is 2.27. The van der Waals surface area contributed by atoms with Gasteiger partial charge in [-0.3, -0.25) is 4.68 Å². The van der Waals surface area contributed by atoms with Crippen molar-refractivity contribution in [2.24, 2.45) is 0 Å². The standard InChI is InChI=1S/C14H23F3N2O/c1-4-10-13(12(20)6-3)11(5-2)19(18-10)9-7-8-14(15,16)17/h12,20H,4-9H2,1-3H3. The molecule has 0 saturated heterocycles. The second kappa shape index (κ2) is 7.11. The van der Waals surface area contributed by atoms with E-state index in [2.05, 4.69) is 5.10 Å². The molecule has 0 aliphatic carbocycles. The number of rotatable bonds is 7. The first-order chi connectivity index (χ1) is 9.34. The number of nitrogens with zero attached hydrogens (tertiary/aromatic N) is 2. The van der Waals surface area contributed by atoms with Crippen LogP contribution in [0.5, 0.6) is 0 Å². The summed E-state index contributed by atoms with van der Waals surface area (Å²) in [5.74, 6) is 0. The summed E-state index contributed by atoms with van der Waals surface area (Å²) in [6, 6.07) is 0. The van der Waals surface area contributed by atoms with Crippen molar-refractivity contribution < 1.29 is 18.3 Å². The van der Waals surface area contributed by atoms with E-state index in [9.17, 15) is 18.3 Å². The maximum absolute atomic E-state index is 12.2. The fourth-order valence-electron chi connectivity index (χ4n) is 2.40. The molecule has 1 heterocycles. The van der Waals surface area contributed by atoms with Crippen LogP contribution in [0.2, 0.25) is 0 Å². The van der Waals surface area contributed by atoms with Gasteiger partial charge in [-0.05, 0) is 25.7 Å². The molecule has 0 aromatic carbocycles. The summed E-state index contributed by atoms with van der Waals surface area (Å²) in [5.41, 5.74) is 2.46. The first kappa shape index (κ1) is 17.0. The van der Waals surface area contributed by atoms with Crippen molar-refractivity contribution in [3.63, 3.8) is 0 Å². The molecule has 0 amide bonds. The number of halogens is 3. The molecule has 0 fully saturated rings. The van der Waals surface area contributed by atoms with Crippen LogP contribution in [0.3, 0.4) is 0 Å². The SMILES string of the molecule is CCc1nn(CCCC(F)(F)F)c(CC)c1C(O)CC. The minimum absolute atomic E-state index is 0.0169. The Bertz CT molecular complexity index is 427. The van der Waals surface area contributed by atoms with E-state index in [0.29, 0.717) is 19.3 Å². The zero-order valence-corrected chi connectivity index (χ0v) is 12.3. The molecule has 1 atom stereocenters. The molecule has 0 spiro atoms. The second-order valence-electron chi connectivity index (χ2n) is 4.88. The summed E-state index contributed by atoms with van der Waals surface area (Å²) < 4.78 is 38.3. The van der Waals surface area contributed by atoms with Gasteiger partial charge in [-0.2, -0.15) is 18.3 Å². The van der Waals surface area contributed by atoms with Gasteiger partial charge in [-0.1, -0.05) is 20.8 Å². The zero-order chi connectivity index (χ0) is 15.3. The molecule has 6 heteroatoms. The molecule has 0 saturated carbocycles. The molecule has 1 unspecified atom stereocenters. The van der Waals surface area contributed by atoms with Gasteiger partial charge in [0.05, 0.1) is 11.8 Å². The van der Waals surface area contributed by atoms with Crippen LogP contribution in [0.15, 0.2) is 0 Å². The van der Waals surface area contributed by atoms with Gasteiger partial charge in [0.15, 0.2) is 0 Å². The normalized spacial score (nSPS) is 13.8. The fraction of sp³-hybridized carbons (Fsp3) is 0.786. The van der Waals surface area contributed by atoms with E-state index in [0.717, 1.165) is 17.0 Å². The molecule has 1 aromatic heterocycles. The summed E-state index contributed by atoms with van der Waals surface area (Å²) in [7, 11) is 0. The van der Waals surface area contributed by atoms with Crippen LogP contribution in [0.4, 0.5) is 13.2 Å². The average molecular weight is 292 g/mol. The lowest BCUT2D eigenvalue weighted by atomic mass is 10.0. The quantitative estimate of drug-likeness (QED) is 0.830. The van der Waals surface area contributed by atoms with Gasteiger partial charge in [0, 0.05) is 24.2 Å². The Morgan fingerprint density at radius 1 is 1.20 bits per heavy atom. The molecule has 0 bridgehead atoms. The van der Waals surface area contributed by atoms with E-state index >= 15 is 0 Å². The monoisotopic (exact) mass is 292 g/mol. The molecule has 1 aromatic rings. The molecule has 0 aliphatic heterocycles. The Hall–Kier alpha value is -1.04. The average Bonchev–Trinajstić information content (AvgIpc) is 2.74. The smallest absolute Gasteiger partial charge is 0.388 e. The van der Waals surface area contributed by atoms with Gasteiger partial charge in [-0.25, -0.2) is 0 Å². The molecule has 116 valence electrons. The maximum Gasteiger partial charge on any atom is 0.389 e. The fourth-order valence-corrected chi connectivity index (χ4v) is 2.40. The predicted molar refractivity (Wildman–Crippen MR) is 71.5 cm³/mol. The van der Waals surface area contributed by atoms with Crippen molar-refractivity contribution in [3.8, 4) is 0 Å². The van der Waals surface area contributed by atoms with Gasteiger partial charge in [0.2, 0.25) is 0 Å². The largest absolute Gasteiger partial charge is 0.389 e. The summed E-state index contributed by atoms with van der Waals surface area (Å²) >= 11 is 0. The summed E-state index contributed by atoms with van der Waals surface area (Å²) in [5, 5.41) is 14.5. The van der Waals surface area contributed by atoms with Crippen LogP contribution in [-0.2, 0) is 19.4 Å². The third kappa shape index (κ3) is 4.23. The number of alkyl halides is 3. The number of aliphatic hydroxyl groups is 1. The molecule has 1 N–H and O–H groups in total. The Labute approximate surface area is 117 Å². The highest BCUT2D eigenvalue weighted by molar-refractivity contribution is 5.29. The lowest BCUT2D eigenvalue weighted by Gasteiger charge is -2.12. The van der Waals surface area contributed by atoms with Crippen molar-refractivity contribution in [3.05, 3.63) is 17.0 Å². The maximum atomic E-state index is 12.2. The zero-order valence-electron chi connectivity index (χ0n) is 12.3. The van der Waals surface area contributed by atoms with Gasteiger partial charge < -0.3 is 5.11 Å². The van der Waals surface area contributed by atoms with Gasteiger partial charge in [-0.15, -0.1) is 0 Å². The summed E-state index contributed by atoms with van der Waals surface area (Å²) in [4.78, 5) is 0. The molecule has 0 radical (unpaired) electrons. The van der Waals surface area contributed by atoms with Gasteiger partial charge >= 0.3 is 6.18 Å². The molecular formula is C14H23F3N2O. The van der Waals surface area contributed by atoms with Crippen LogP contribution in [0.1, 0.15) is 63.1 Å². The van der Waals surface area contributed by atoms with E-state index in [4.69, 9.17) is 0 Å². The van der Waals surface area contributed by atoms with Crippen LogP contribution in [-0.4, -0.2) is 21.1 Å². The highest BCUT2D eigenvalue weighted by atomic mass is 19.4. The number of aryl methyl sites for hydroxylation is 2. The van der Waals surface area contributed by atoms with E-state index < -0.39 is 18.7 Å².